The first kappa shape index (κ1) is 13.8. The second kappa shape index (κ2) is 5.44. The number of pyridine rings is 2. The average molecular weight is 327 g/mol. The van der Waals surface area contributed by atoms with E-state index in [1.54, 1.807) is 18.5 Å². The van der Waals surface area contributed by atoms with Gasteiger partial charge in [0.2, 0.25) is 0 Å². The molecule has 4 heterocycles. The Bertz CT molecular complexity index is 975. The molecule has 8 heteroatoms. The molecule has 0 fully saturated rings. The first-order chi connectivity index (χ1) is 11.2. The maximum absolute atomic E-state index is 5.85. The molecule has 23 heavy (non-hydrogen) atoms. The van der Waals surface area contributed by atoms with Crippen LogP contribution in [0.1, 0.15) is 11.3 Å². The van der Waals surface area contributed by atoms with Gasteiger partial charge in [-0.05, 0) is 35.8 Å². The minimum absolute atomic E-state index is 0.458. The molecule has 0 amide bonds. The molecule has 0 atom stereocenters. The maximum atomic E-state index is 5.85. The number of imidazole rings is 1. The molecular weight excluding hydrogens is 316 g/mol. The highest BCUT2D eigenvalue weighted by Gasteiger charge is 2.19. The topological polar surface area (TPSA) is 82.5 Å². The minimum Gasteiger partial charge on any atom is -0.303 e. The first-order valence-corrected chi connectivity index (χ1v) is 7.31. The van der Waals surface area contributed by atoms with E-state index in [-0.39, 0.29) is 0 Å². The van der Waals surface area contributed by atoms with E-state index >= 15 is 0 Å². The molecule has 114 valence electrons. The van der Waals surface area contributed by atoms with Crippen LogP contribution >= 0.6 is 11.6 Å². The summed E-state index contributed by atoms with van der Waals surface area (Å²) < 4.78 is 6.78. The highest BCUT2D eigenvalue weighted by molar-refractivity contribution is 6.29. The fourth-order valence-corrected chi connectivity index (χ4v) is 2.52. The smallest absolute Gasteiger partial charge is 0.173 e. The predicted molar refractivity (Wildman–Crippen MR) is 83.9 cm³/mol. The zero-order valence-electron chi connectivity index (χ0n) is 12.1. The van der Waals surface area contributed by atoms with Crippen molar-refractivity contribution in [2.45, 2.75) is 13.5 Å². The van der Waals surface area contributed by atoms with E-state index in [0.29, 0.717) is 28.9 Å². The van der Waals surface area contributed by atoms with Crippen LogP contribution in [0.15, 0.2) is 41.3 Å². The number of fused-ring (bicyclic) bond motifs is 1. The lowest BCUT2D eigenvalue weighted by Gasteiger charge is -2.07. The highest BCUT2D eigenvalue weighted by Crippen LogP contribution is 2.25. The average Bonchev–Trinajstić information content (AvgIpc) is 3.13. The van der Waals surface area contributed by atoms with Gasteiger partial charge in [-0.15, -0.1) is 0 Å². The third-order valence-corrected chi connectivity index (χ3v) is 3.72. The standard InChI is InChI=1S/C15H11ClN6O/c1-9-13(21-23-20-9)15-19-11-3-2-6-17-14(11)22(15)8-10-4-5-12(16)18-7-10/h2-7H,8H2,1H3. The summed E-state index contributed by atoms with van der Waals surface area (Å²) in [5.41, 5.74) is 3.81. The lowest BCUT2D eigenvalue weighted by atomic mass is 10.2. The molecule has 0 aromatic carbocycles. The van der Waals surface area contributed by atoms with Gasteiger partial charge in [0.15, 0.2) is 17.2 Å². The Hall–Kier alpha value is -2.80. The first-order valence-electron chi connectivity index (χ1n) is 6.93. The maximum Gasteiger partial charge on any atom is 0.173 e. The van der Waals surface area contributed by atoms with Crippen molar-refractivity contribution in [3.05, 3.63) is 53.1 Å². The van der Waals surface area contributed by atoms with E-state index in [4.69, 9.17) is 16.2 Å². The van der Waals surface area contributed by atoms with Crippen LogP contribution in [-0.4, -0.2) is 29.8 Å². The van der Waals surface area contributed by atoms with Crippen molar-refractivity contribution in [2.75, 3.05) is 0 Å². The van der Waals surface area contributed by atoms with Gasteiger partial charge in [-0.2, -0.15) is 0 Å². The van der Waals surface area contributed by atoms with Gasteiger partial charge in [0.1, 0.15) is 16.4 Å². The van der Waals surface area contributed by atoms with Crippen LogP contribution in [0, 0.1) is 6.92 Å². The Balaban J connectivity index is 1.89. The van der Waals surface area contributed by atoms with Crippen LogP contribution in [0.5, 0.6) is 0 Å². The zero-order chi connectivity index (χ0) is 15.8. The lowest BCUT2D eigenvalue weighted by Crippen LogP contribution is -2.04. The lowest BCUT2D eigenvalue weighted by molar-refractivity contribution is 0.305. The predicted octanol–water partition coefficient (Wildman–Crippen LogP) is 2.89. The molecule has 4 aromatic rings. The van der Waals surface area contributed by atoms with Gasteiger partial charge >= 0.3 is 0 Å². The summed E-state index contributed by atoms with van der Waals surface area (Å²) >= 11 is 5.85. The largest absolute Gasteiger partial charge is 0.303 e. The SMILES string of the molecule is Cc1nonc1-c1nc2cccnc2n1Cc1ccc(Cl)nc1. The summed E-state index contributed by atoms with van der Waals surface area (Å²) in [5, 5.41) is 8.25. The van der Waals surface area contributed by atoms with Crippen molar-refractivity contribution < 1.29 is 4.63 Å². The van der Waals surface area contributed by atoms with Crippen LogP contribution in [0.3, 0.4) is 0 Å². The third kappa shape index (κ3) is 2.44. The second-order valence-corrected chi connectivity index (χ2v) is 5.44. The Morgan fingerprint density at radius 3 is 2.83 bits per heavy atom. The number of hydrogen-bond acceptors (Lipinski definition) is 6. The van der Waals surface area contributed by atoms with E-state index in [1.807, 2.05) is 29.7 Å². The molecule has 0 saturated carbocycles. The molecule has 0 aliphatic heterocycles. The van der Waals surface area contributed by atoms with Crippen LogP contribution < -0.4 is 0 Å². The molecule has 0 aliphatic rings. The van der Waals surface area contributed by atoms with Gasteiger partial charge in [-0.1, -0.05) is 22.8 Å². The normalized spacial score (nSPS) is 11.2. The summed E-state index contributed by atoms with van der Waals surface area (Å²) in [4.78, 5) is 13.2. The summed E-state index contributed by atoms with van der Waals surface area (Å²) in [5.74, 6) is 0.660. The molecular formula is C15H11ClN6O. The Morgan fingerprint density at radius 2 is 2.09 bits per heavy atom. The Labute approximate surface area is 135 Å². The van der Waals surface area contributed by atoms with E-state index in [1.165, 1.54) is 0 Å². The monoisotopic (exact) mass is 326 g/mol. The van der Waals surface area contributed by atoms with Gasteiger partial charge in [0.25, 0.3) is 0 Å². The van der Waals surface area contributed by atoms with E-state index in [0.717, 1.165) is 16.7 Å². The summed E-state index contributed by atoms with van der Waals surface area (Å²) in [6.07, 6.45) is 3.47. The van der Waals surface area contributed by atoms with Crippen molar-refractivity contribution in [3.63, 3.8) is 0 Å². The molecule has 0 bridgehead atoms. The van der Waals surface area contributed by atoms with E-state index < -0.39 is 0 Å². The van der Waals surface area contributed by atoms with Gasteiger partial charge in [-0.3, -0.25) is 0 Å². The molecule has 4 rings (SSSR count). The van der Waals surface area contributed by atoms with Crippen molar-refractivity contribution in [3.8, 4) is 11.5 Å². The van der Waals surface area contributed by atoms with Crippen LogP contribution in [-0.2, 0) is 6.54 Å². The highest BCUT2D eigenvalue weighted by atomic mass is 35.5. The number of hydrogen-bond donors (Lipinski definition) is 0. The second-order valence-electron chi connectivity index (χ2n) is 5.06. The molecule has 7 nitrogen and oxygen atoms in total. The van der Waals surface area contributed by atoms with Crippen molar-refractivity contribution in [1.82, 2.24) is 29.8 Å². The van der Waals surface area contributed by atoms with Gasteiger partial charge in [-0.25, -0.2) is 19.6 Å². The zero-order valence-corrected chi connectivity index (χ0v) is 12.9. The number of nitrogens with zero attached hydrogens (tertiary/aromatic N) is 6. The Morgan fingerprint density at radius 1 is 1.17 bits per heavy atom. The summed E-state index contributed by atoms with van der Waals surface area (Å²) in [6.45, 7) is 2.37. The molecule has 0 spiro atoms. The van der Waals surface area contributed by atoms with Gasteiger partial charge < -0.3 is 4.57 Å². The van der Waals surface area contributed by atoms with Crippen LogP contribution in [0.2, 0.25) is 5.15 Å². The molecule has 0 unspecified atom stereocenters. The van der Waals surface area contributed by atoms with Crippen LogP contribution in [0.4, 0.5) is 0 Å². The fraction of sp³-hybridized carbons (Fsp3) is 0.133. The van der Waals surface area contributed by atoms with Crippen molar-refractivity contribution in [2.24, 2.45) is 0 Å². The van der Waals surface area contributed by atoms with Crippen LogP contribution in [0.25, 0.3) is 22.7 Å². The fourth-order valence-electron chi connectivity index (χ4n) is 2.41. The quantitative estimate of drug-likeness (QED) is 0.538. The third-order valence-electron chi connectivity index (χ3n) is 3.50. The van der Waals surface area contributed by atoms with Gasteiger partial charge in [0, 0.05) is 12.4 Å². The van der Waals surface area contributed by atoms with Gasteiger partial charge in [0.05, 0.1) is 6.54 Å². The Kier molecular flexibility index (Phi) is 3.27. The minimum atomic E-state index is 0.458. The van der Waals surface area contributed by atoms with Crippen molar-refractivity contribution in [1.29, 1.82) is 0 Å². The summed E-state index contributed by atoms with van der Waals surface area (Å²) in [6, 6.07) is 7.43. The molecule has 4 aromatic heterocycles. The number of aromatic nitrogens is 6. The molecule has 0 aliphatic carbocycles. The molecule has 0 saturated heterocycles. The molecule has 0 radical (unpaired) electrons. The van der Waals surface area contributed by atoms with E-state index in [9.17, 15) is 0 Å². The summed E-state index contributed by atoms with van der Waals surface area (Å²) in [7, 11) is 0. The number of halogens is 1. The van der Waals surface area contributed by atoms with Crippen molar-refractivity contribution >= 4 is 22.8 Å². The van der Waals surface area contributed by atoms with E-state index in [2.05, 4.69) is 25.3 Å². The number of rotatable bonds is 3. The molecule has 0 N–H and O–H groups in total. The number of aryl methyl sites for hydroxylation is 1.